The summed E-state index contributed by atoms with van der Waals surface area (Å²) < 4.78 is 4.55. The summed E-state index contributed by atoms with van der Waals surface area (Å²) in [7, 11) is 1.33. The van der Waals surface area contributed by atoms with Gasteiger partial charge in [0.1, 0.15) is 5.52 Å². The monoisotopic (exact) mass is 275 g/mol. The molecule has 0 aliphatic carbocycles. The van der Waals surface area contributed by atoms with Gasteiger partial charge in [-0.25, -0.2) is 4.98 Å². The Bertz CT molecular complexity index is 657. The summed E-state index contributed by atoms with van der Waals surface area (Å²) in [4.78, 5) is 25.6. The van der Waals surface area contributed by atoms with Gasteiger partial charge in [0.25, 0.3) is 5.69 Å². The molecule has 0 atom stereocenters. The van der Waals surface area contributed by atoms with Crippen LogP contribution in [0.15, 0.2) is 30.5 Å². The van der Waals surface area contributed by atoms with Gasteiger partial charge in [0.05, 0.1) is 18.5 Å². The van der Waals surface area contributed by atoms with E-state index in [2.05, 4.69) is 15.0 Å². The summed E-state index contributed by atoms with van der Waals surface area (Å²) in [5.41, 5.74) is 0.974. The molecule has 2 rings (SSSR count). The topological polar surface area (TPSA) is 94.4 Å². The van der Waals surface area contributed by atoms with Crippen LogP contribution in [0.3, 0.4) is 0 Å². The minimum absolute atomic E-state index is 0.0425. The number of nitro groups is 1. The van der Waals surface area contributed by atoms with Crippen molar-refractivity contribution in [2.75, 3.05) is 19.0 Å². The molecule has 0 amide bonds. The van der Waals surface area contributed by atoms with E-state index < -0.39 is 4.92 Å². The minimum atomic E-state index is -0.465. The zero-order valence-corrected chi connectivity index (χ0v) is 10.8. The van der Waals surface area contributed by atoms with Crippen LogP contribution in [0.2, 0.25) is 0 Å². The maximum atomic E-state index is 11.0. The second-order valence-electron chi connectivity index (χ2n) is 4.04. The second-order valence-corrected chi connectivity index (χ2v) is 4.04. The molecule has 1 N–H and O–H groups in total. The van der Waals surface area contributed by atoms with E-state index in [4.69, 9.17) is 0 Å². The highest BCUT2D eigenvalue weighted by Gasteiger charge is 2.15. The molecule has 0 bridgehead atoms. The van der Waals surface area contributed by atoms with E-state index in [1.54, 1.807) is 18.2 Å². The fraction of sp³-hybridized carbons (Fsp3) is 0.231. The average molecular weight is 275 g/mol. The molecule has 20 heavy (non-hydrogen) atoms. The standard InChI is InChI=1S/C13H13N3O4/c1-20-12(17)6-8-14-10-4-5-11(16(18)19)13-9(10)3-2-7-15-13/h2-5,7,14H,6,8H2,1H3. The number of pyridine rings is 1. The van der Waals surface area contributed by atoms with E-state index >= 15 is 0 Å². The molecule has 0 unspecified atom stereocenters. The highest BCUT2D eigenvalue weighted by molar-refractivity contribution is 5.96. The second kappa shape index (κ2) is 5.96. The van der Waals surface area contributed by atoms with Crippen molar-refractivity contribution in [3.63, 3.8) is 0 Å². The molecule has 1 aromatic heterocycles. The molecule has 0 aliphatic heterocycles. The van der Waals surface area contributed by atoms with Gasteiger partial charge in [0.2, 0.25) is 0 Å². The number of anilines is 1. The summed E-state index contributed by atoms with van der Waals surface area (Å²) in [5, 5.41) is 14.7. The molecular weight excluding hydrogens is 262 g/mol. The zero-order chi connectivity index (χ0) is 14.5. The van der Waals surface area contributed by atoms with Gasteiger partial charge in [-0.2, -0.15) is 0 Å². The Hall–Kier alpha value is -2.70. The molecule has 0 aliphatic rings. The Kier molecular flexibility index (Phi) is 4.09. The van der Waals surface area contributed by atoms with Crippen molar-refractivity contribution in [2.45, 2.75) is 6.42 Å². The lowest BCUT2D eigenvalue weighted by atomic mass is 10.1. The van der Waals surface area contributed by atoms with E-state index in [-0.39, 0.29) is 18.1 Å². The number of methoxy groups -OCH3 is 1. The number of hydrogen-bond acceptors (Lipinski definition) is 6. The van der Waals surface area contributed by atoms with Gasteiger partial charge >= 0.3 is 5.97 Å². The van der Waals surface area contributed by atoms with Crippen molar-refractivity contribution in [1.82, 2.24) is 4.98 Å². The number of fused-ring (bicyclic) bond motifs is 1. The van der Waals surface area contributed by atoms with E-state index in [1.807, 2.05) is 0 Å². The van der Waals surface area contributed by atoms with Gasteiger partial charge in [-0.15, -0.1) is 0 Å². The van der Waals surface area contributed by atoms with Gasteiger partial charge in [0.15, 0.2) is 0 Å². The minimum Gasteiger partial charge on any atom is -0.469 e. The van der Waals surface area contributed by atoms with Crippen LogP contribution in [-0.2, 0) is 9.53 Å². The molecule has 0 fully saturated rings. The van der Waals surface area contributed by atoms with Gasteiger partial charge in [-0.05, 0) is 18.2 Å². The van der Waals surface area contributed by atoms with Crippen LogP contribution in [0.4, 0.5) is 11.4 Å². The van der Waals surface area contributed by atoms with Crippen LogP contribution < -0.4 is 5.32 Å². The highest BCUT2D eigenvalue weighted by atomic mass is 16.6. The van der Waals surface area contributed by atoms with E-state index in [9.17, 15) is 14.9 Å². The quantitative estimate of drug-likeness (QED) is 0.510. The normalized spacial score (nSPS) is 10.2. The van der Waals surface area contributed by atoms with Crippen molar-refractivity contribution in [2.24, 2.45) is 0 Å². The average Bonchev–Trinajstić information content (AvgIpc) is 2.46. The number of nitrogens with zero attached hydrogens (tertiary/aromatic N) is 2. The Balaban J connectivity index is 2.29. The number of ether oxygens (including phenoxy) is 1. The number of hydrogen-bond donors (Lipinski definition) is 1. The number of esters is 1. The largest absolute Gasteiger partial charge is 0.469 e. The van der Waals surface area contributed by atoms with Crippen molar-refractivity contribution in [3.8, 4) is 0 Å². The Morgan fingerprint density at radius 3 is 2.95 bits per heavy atom. The SMILES string of the molecule is COC(=O)CCNc1ccc([N+](=O)[O-])c2ncccc12. The van der Waals surface area contributed by atoms with Crippen molar-refractivity contribution >= 4 is 28.2 Å². The molecule has 2 aromatic rings. The van der Waals surface area contributed by atoms with Crippen LogP contribution in [0.5, 0.6) is 0 Å². The Morgan fingerprint density at radius 2 is 2.25 bits per heavy atom. The van der Waals surface area contributed by atoms with Crippen LogP contribution in [0.25, 0.3) is 10.9 Å². The van der Waals surface area contributed by atoms with E-state index in [0.717, 1.165) is 0 Å². The zero-order valence-electron chi connectivity index (χ0n) is 10.8. The fourth-order valence-corrected chi connectivity index (χ4v) is 1.86. The third-order valence-corrected chi connectivity index (χ3v) is 2.82. The number of non-ortho nitro benzene ring substituents is 1. The fourth-order valence-electron chi connectivity index (χ4n) is 1.86. The molecule has 1 aromatic carbocycles. The molecule has 0 spiro atoms. The maximum absolute atomic E-state index is 11.0. The summed E-state index contributed by atoms with van der Waals surface area (Å²) in [5.74, 6) is -0.318. The predicted molar refractivity (Wildman–Crippen MR) is 73.5 cm³/mol. The molecule has 0 saturated heterocycles. The van der Waals surface area contributed by atoms with E-state index in [0.29, 0.717) is 23.1 Å². The molecule has 104 valence electrons. The number of aromatic nitrogens is 1. The predicted octanol–water partition coefficient (Wildman–Crippen LogP) is 2.12. The van der Waals surface area contributed by atoms with Gasteiger partial charge in [0, 0.05) is 29.9 Å². The first-order valence-electron chi connectivity index (χ1n) is 5.96. The van der Waals surface area contributed by atoms with Crippen molar-refractivity contribution < 1.29 is 14.5 Å². The van der Waals surface area contributed by atoms with Gasteiger partial charge in [-0.3, -0.25) is 14.9 Å². The van der Waals surface area contributed by atoms with Gasteiger partial charge < -0.3 is 10.1 Å². The first kappa shape index (κ1) is 13.7. The molecule has 1 heterocycles. The highest BCUT2D eigenvalue weighted by Crippen LogP contribution is 2.29. The third-order valence-electron chi connectivity index (χ3n) is 2.82. The Labute approximate surface area is 114 Å². The molecule has 0 radical (unpaired) electrons. The Morgan fingerprint density at radius 1 is 1.45 bits per heavy atom. The molecule has 0 saturated carbocycles. The number of carbonyl (C=O) groups is 1. The van der Waals surface area contributed by atoms with Crippen LogP contribution >= 0.6 is 0 Å². The number of nitro benzene ring substituents is 1. The summed E-state index contributed by atoms with van der Waals surface area (Å²) in [6.45, 7) is 0.383. The number of benzene rings is 1. The smallest absolute Gasteiger partial charge is 0.307 e. The lowest BCUT2D eigenvalue weighted by Gasteiger charge is -2.09. The van der Waals surface area contributed by atoms with Crippen LogP contribution in [-0.4, -0.2) is 29.5 Å². The number of nitrogens with one attached hydrogen (secondary N) is 1. The first-order valence-corrected chi connectivity index (χ1v) is 5.96. The molecule has 7 heteroatoms. The maximum Gasteiger partial charge on any atom is 0.307 e. The van der Waals surface area contributed by atoms with Crippen LogP contribution in [0, 0.1) is 10.1 Å². The lowest BCUT2D eigenvalue weighted by Crippen LogP contribution is -2.10. The molecular formula is C13H13N3O4. The van der Waals surface area contributed by atoms with Crippen molar-refractivity contribution in [1.29, 1.82) is 0 Å². The number of carbonyl (C=O) groups excluding carboxylic acids is 1. The van der Waals surface area contributed by atoms with E-state index in [1.165, 1.54) is 19.4 Å². The van der Waals surface area contributed by atoms with Crippen LogP contribution in [0.1, 0.15) is 6.42 Å². The number of rotatable bonds is 5. The summed E-state index contributed by atoms with van der Waals surface area (Å²) >= 11 is 0. The third kappa shape index (κ3) is 2.82. The lowest BCUT2D eigenvalue weighted by molar-refractivity contribution is -0.383. The first-order chi connectivity index (χ1) is 9.63. The van der Waals surface area contributed by atoms with Gasteiger partial charge in [-0.1, -0.05) is 0 Å². The molecule has 7 nitrogen and oxygen atoms in total. The summed E-state index contributed by atoms with van der Waals surface area (Å²) in [6, 6.07) is 6.46. The van der Waals surface area contributed by atoms with Crippen molar-refractivity contribution in [3.05, 3.63) is 40.6 Å². The summed E-state index contributed by atoms with van der Waals surface area (Å²) in [6.07, 6.45) is 1.73.